The van der Waals surface area contributed by atoms with E-state index >= 15 is 0 Å². The lowest BCUT2D eigenvalue weighted by Gasteiger charge is -2.23. The van der Waals surface area contributed by atoms with E-state index < -0.39 is 0 Å². The highest BCUT2D eigenvalue weighted by Gasteiger charge is 2.04. The Kier molecular flexibility index (Phi) is 10.8. The highest BCUT2D eigenvalue weighted by atomic mass is 32.1. The van der Waals surface area contributed by atoms with E-state index in [1.807, 2.05) is 0 Å². The zero-order chi connectivity index (χ0) is 13.1. The molecule has 0 fully saturated rings. The molecule has 0 bridgehead atoms. The zero-order valence-electron chi connectivity index (χ0n) is 11.7. The molecule has 0 heterocycles. The molecule has 0 saturated carbocycles. The lowest BCUT2D eigenvalue weighted by molar-refractivity contribution is 0.243. The van der Waals surface area contributed by atoms with Gasteiger partial charge in [-0.15, -0.1) is 0 Å². The number of nitrogens with two attached hydrogens (primary N) is 1. The largest absolute Gasteiger partial charge is 0.393 e. The quantitative estimate of drug-likeness (QED) is 0.576. The Morgan fingerprint density at radius 3 is 1.82 bits per heavy atom. The van der Waals surface area contributed by atoms with E-state index in [0.29, 0.717) is 4.99 Å². The summed E-state index contributed by atoms with van der Waals surface area (Å²) in [6, 6.07) is 0. The van der Waals surface area contributed by atoms with Crippen molar-refractivity contribution in [2.45, 2.75) is 40.0 Å². The molecule has 0 unspecified atom stereocenters. The lowest BCUT2D eigenvalue weighted by Crippen LogP contribution is -2.31. The fraction of sp³-hybridized carbons (Fsp3) is 0.923. The summed E-state index contributed by atoms with van der Waals surface area (Å²) < 4.78 is 0. The lowest BCUT2D eigenvalue weighted by atomic mass is 10.2. The first kappa shape index (κ1) is 16.8. The second-order valence-electron chi connectivity index (χ2n) is 4.38. The van der Waals surface area contributed by atoms with Crippen LogP contribution in [0.15, 0.2) is 0 Å². The number of thiocarbonyl (C=S) groups is 1. The van der Waals surface area contributed by atoms with Crippen LogP contribution in [-0.2, 0) is 0 Å². The molecule has 0 aliphatic heterocycles. The van der Waals surface area contributed by atoms with E-state index in [1.165, 1.54) is 19.5 Å². The van der Waals surface area contributed by atoms with Crippen LogP contribution < -0.4 is 5.73 Å². The minimum Gasteiger partial charge on any atom is -0.393 e. The summed E-state index contributed by atoms with van der Waals surface area (Å²) in [5.74, 6) is 0. The third kappa shape index (κ3) is 9.51. The minimum absolute atomic E-state index is 0.643. The van der Waals surface area contributed by atoms with Crippen LogP contribution in [0.2, 0.25) is 0 Å². The van der Waals surface area contributed by atoms with Gasteiger partial charge in [-0.2, -0.15) is 0 Å². The van der Waals surface area contributed by atoms with E-state index in [4.69, 9.17) is 18.0 Å². The third-order valence-electron chi connectivity index (χ3n) is 3.19. The molecule has 4 heteroatoms. The predicted octanol–water partition coefficient (Wildman–Crippen LogP) is 2.11. The highest BCUT2D eigenvalue weighted by molar-refractivity contribution is 7.80. The summed E-state index contributed by atoms with van der Waals surface area (Å²) in [6.45, 7) is 13.6. The molecule has 0 aliphatic rings. The molecule has 102 valence electrons. The summed E-state index contributed by atoms with van der Waals surface area (Å²) in [7, 11) is 0. The summed E-state index contributed by atoms with van der Waals surface area (Å²) in [5, 5.41) is 0. The number of nitrogens with zero attached hydrogens (tertiary/aromatic N) is 2. The van der Waals surface area contributed by atoms with Crippen molar-refractivity contribution in [2.24, 2.45) is 5.73 Å². The van der Waals surface area contributed by atoms with E-state index in [0.717, 1.165) is 39.0 Å². The predicted molar refractivity (Wildman–Crippen MR) is 80.5 cm³/mol. The van der Waals surface area contributed by atoms with Gasteiger partial charge >= 0.3 is 0 Å². The van der Waals surface area contributed by atoms with Crippen molar-refractivity contribution in [1.29, 1.82) is 0 Å². The fourth-order valence-electron chi connectivity index (χ4n) is 1.96. The Hall–Kier alpha value is -0.190. The molecule has 0 spiro atoms. The summed E-state index contributed by atoms with van der Waals surface area (Å²) in [6.07, 6.45) is 3.22. The van der Waals surface area contributed by atoms with Gasteiger partial charge in [-0.3, -0.25) is 0 Å². The molecule has 0 aromatic heterocycles. The van der Waals surface area contributed by atoms with Gasteiger partial charge in [0.2, 0.25) is 0 Å². The van der Waals surface area contributed by atoms with Crippen molar-refractivity contribution in [3.8, 4) is 0 Å². The van der Waals surface area contributed by atoms with Crippen LogP contribution in [0.3, 0.4) is 0 Å². The Bertz CT molecular complexity index is 193. The Balaban J connectivity index is 3.63. The van der Waals surface area contributed by atoms with Crippen LogP contribution in [0.4, 0.5) is 0 Å². The molecule has 0 saturated heterocycles. The average Bonchev–Trinajstić information content (AvgIpc) is 2.32. The standard InChI is InChI=1S/C13H29N3S/c1-4-15(5-2)11-8-12-16(6-3)10-7-9-13(14)17/h4-12H2,1-3H3,(H2,14,17). The van der Waals surface area contributed by atoms with Crippen molar-refractivity contribution in [3.63, 3.8) is 0 Å². The monoisotopic (exact) mass is 259 g/mol. The molecule has 2 N–H and O–H groups in total. The van der Waals surface area contributed by atoms with Gasteiger partial charge in [0, 0.05) is 0 Å². The van der Waals surface area contributed by atoms with Gasteiger partial charge in [0.1, 0.15) is 0 Å². The van der Waals surface area contributed by atoms with Crippen molar-refractivity contribution in [3.05, 3.63) is 0 Å². The van der Waals surface area contributed by atoms with Crippen molar-refractivity contribution < 1.29 is 0 Å². The van der Waals surface area contributed by atoms with Crippen LogP contribution in [0.5, 0.6) is 0 Å². The summed E-state index contributed by atoms with van der Waals surface area (Å²) in [4.78, 5) is 5.61. The first-order chi connectivity index (χ1) is 8.13. The normalized spacial score (nSPS) is 11.4. The minimum atomic E-state index is 0.643. The molecular weight excluding hydrogens is 230 g/mol. The second-order valence-corrected chi connectivity index (χ2v) is 4.91. The van der Waals surface area contributed by atoms with Gasteiger partial charge in [-0.05, 0) is 58.5 Å². The first-order valence-electron chi connectivity index (χ1n) is 6.87. The number of rotatable bonds is 11. The van der Waals surface area contributed by atoms with Crippen LogP contribution in [-0.4, -0.2) is 54.1 Å². The smallest absolute Gasteiger partial charge is 0.0727 e. The number of hydrogen-bond acceptors (Lipinski definition) is 3. The van der Waals surface area contributed by atoms with Crippen LogP contribution in [0.1, 0.15) is 40.0 Å². The third-order valence-corrected chi connectivity index (χ3v) is 3.39. The first-order valence-corrected chi connectivity index (χ1v) is 7.27. The van der Waals surface area contributed by atoms with Gasteiger partial charge in [0.15, 0.2) is 0 Å². The van der Waals surface area contributed by atoms with Crippen LogP contribution >= 0.6 is 12.2 Å². The fourth-order valence-corrected chi connectivity index (χ4v) is 2.11. The molecule has 0 radical (unpaired) electrons. The second kappa shape index (κ2) is 10.9. The topological polar surface area (TPSA) is 32.5 Å². The molecule has 17 heavy (non-hydrogen) atoms. The molecule has 0 aromatic carbocycles. The molecule has 0 rings (SSSR count). The maximum atomic E-state index is 5.50. The van der Waals surface area contributed by atoms with E-state index in [-0.39, 0.29) is 0 Å². The molecule has 0 aliphatic carbocycles. The summed E-state index contributed by atoms with van der Waals surface area (Å²) in [5.41, 5.74) is 5.50. The van der Waals surface area contributed by atoms with Gasteiger partial charge in [-0.1, -0.05) is 33.0 Å². The van der Waals surface area contributed by atoms with Gasteiger partial charge in [-0.25, -0.2) is 0 Å². The average molecular weight is 259 g/mol. The van der Waals surface area contributed by atoms with Crippen LogP contribution in [0.25, 0.3) is 0 Å². The van der Waals surface area contributed by atoms with Crippen molar-refractivity contribution >= 4 is 17.2 Å². The van der Waals surface area contributed by atoms with Gasteiger partial charge in [0.05, 0.1) is 4.99 Å². The van der Waals surface area contributed by atoms with Crippen molar-refractivity contribution in [1.82, 2.24) is 9.80 Å². The molecule has 3 nitrogen and oxygen atoms in total. The molecule has 0 atom stereocenters. The Labute approximate surface area is 112 Å². The summed E-state index contributed by atoms with van der Waals surface area (Å²) >= 11 is 4.89. The molecule has 0 amide bonds. The maximum Gasteiger partial charge on any atom is 0.0727 e. The van der Waals surface area contributed by atoms with E-state index in [1.54, 1.807) is 0 Å². The SMILES string of the molecule is CCN(CC)CCCN(CC)CCCC(N)=S. The van der Waals surface area contributed by atoms with Gasteiger partial charge in [0.25, 0.3) is 0 Å². The zero-order valence-corrected chi connectivity index (χ0v) is 12.6. The Morgan fingerprint density at radius 2 is 1.35 bits per heavy atom. The number of hydrogen-bond donors (Lipinski definition) is 1. The Morgan fingerprint density at radius 1 is 0.882 bits per heavy atom. The van der Waals surface area contributed by atoms with Gasteiger partial charge < -0.3 is 15.5 Å². The highest BCUT2D eigenvalue weighted by Crippen LogP contribution is 1.99. The van der Waals surface area contributed by atoms with E-state index in [9.17, 15) is 0 Å². The maximum absolute atomic E-state index is 5.50. The van der Waals surface area contributed by atoms with Crippen LogP contribution in [0, 0.1) is 0 Å². The molecular formula is C13H29N3S. The van der Waals surface area contributed by atoms with Crippen molar-refractivity contribution in [2.75, 3.05) is 39.3 Å². The molecule has 0 aromatic rings. The van der Waals surface area contributed by atoms with E-state index in [2.05, 4.69) is 30.6 Å².